The maximum Gasteiger partial charge on any atom is 0.251 e. The van der Waals surface area contributed by atoms with Crippen LogP contribution in [0.25, 0.3) is 11.3 Å². The van der Waals surface area contributed by atoms with Crippen molar-refractivity contribution in [2.75, 3.05) is 13.1 Å². The zero-order valence-electron chi connectivity index (χ0n) is 15.1. The van der Waals surface area contributed by atoms with E-state index in [9.17, 15) is 9.59 Å². The highest BCUT2D eigenvalue weighted by molar-refractivity contribution is 6.30. The van der Waals surface area contributed by atoms with Gasteiger partial charge in [0.05, 0.1) is 12.2 Å². The Labute approximate surface area is 167 Å². The minimum atomic E-state index is -0.255. The summed E-state index contributed by atoms with van der Waals surface area (Å²) >= 11 is 6.10. The number of aromatic amines is 1. The van der Waals surface area contributed by atoms with Gasteiger partial charge in [-0.05, 0) is 24.3 Å². The number of nitrogens with one attached hydrogen (secondary N) is 2. The van der Waals surface area contributed by atoms with Crippen LogP contribution in [-0.4, -0.2) is 40.0 Å². The number of amides is 2. The van der Waals surface area contributed by atoms with Crippen LogP contribution in [0.4, 0.5) is 0 Å². The molecule has 1 aliphatic heterocycles. The molecular weight excluding hydrogens is 376 g/mol. The normalized spacial score (nSPS) is 13.1. The van der Waals surface area contributed by atoms with Gasteiger partial charge in [0.2, 0.25) is 5.91 Å². The molecule has 0 radical (unpaired) electrons. The highest BCUT2D eigenvalue weighted by Crippen LogP contribution is 2.29. The summed E-state index contributed by atoms with van der Waals surface area (Å²) in [7, 11) is 0. The number of hydrogen-bond acceptors (Lipinski definition) is 3. The molecule has 4 rings (SSSR count). The lowest BCUT2D eigenvalue weighted by Crippen LogP contribution is -2.42. The Morgan fingerprint density at radius 3 is 2.75 bits per heavy atom. The van der Waals surface area contributed by atoms with Gasteiger partial charge >= 0.3 is 0 Å². The van der Waals surface area contributed by atoms with E-state index in [1.54, 1.807) is 29.2 Å². The molecule has 6 nitrogen and oxygen atoms in total. The van der Waals surface area contributed by atoms with E-state index in [0.29, 0.717) is 30.1 Å². The van der Waals surface area contributed by atoms with E-state index in [2.05, 4.69) is 15.5 Å². The van der Waals surface area contributed by atoms with E-state index >= 15 is 0 Å². The van der Waals surface area contributed by atoms with Crippen molar-refractivity contribution in [2.45, 2.75) is 13.0 Å². The lowest BCUT2D eigenvalue weighted by atomic mass is 10.0. The molecular formula is C21H19ClN4O2. The molecule has 1 aromatic heterocycles. The summed E-state index contributed by atoms with van der Waals surface area (Å²) in [6, 6.07) is 16.4. The molecule has 0 saturated heterocycles. The molecule has 0 unspecified atom stereocenters. The first-order chi connectivity index (χ1) is 13.6. The van der Waals surface area contributed by atoms with Gasteiger partial charge in [-0.3, -0.25) is 14.7 Å². The fourth-order valence-corrected chi connectivity index (χ4v) is 3.53. The van der Waals surface area contributed by atoms with Gasteiger partial charge in [-0.2, -0.15) is 5.10 Å². The third kappa shape index (κ3) is 3.77. The number of hydrogen-bond donors (Lipinski definition) is 2. The van der Waals surface area contributed by atoms with E-state index in [-0.39, 0.29) is 18.4 Å². The molecule has 2 heterocycles. The molecule has 28 heavy (non-hydrogen) atoms. The van der Waals surface area contributed by atoms with Gasteiger partial charge in [-0.1, -0.05) is 41.9 Å². The van der Waals surface area contributed by atoms with Crippen LogP contribution in [0.15, 0.2) is 54.6 Å². The molecule has 2 amide bonds. The molecule has 7 heteroatoms. The maximum absolute atomic E-state index is 12.6. The van der Waals surface area contributed by atoms with Crippen LogP contribution in [0.5, 0.6) is 0 Å². The fourth-order valence-electron chi connectivity index (χ4n) is 3.34. The second-order valence-electron chi connectivity index (χ2n) is 6.65. The highest BCUT2D eigenvalue weighted by atomic mass is 35.5. The van der Waals surface area contributed by atoms with Crippen LogP contribution in [0.3, 0.4) is 0 Å². The van der Waals surface area contributed by atoms with E-state index in [4.69, 9.17) is 11.6 Å². The van der Waals surface area contributed by atoms with Gasteiger partial charge in [-0.15, -0.1) is 0 Å². The van der Waals surface area contributed by atoms with Gasteiger partial charge in [0, 0.05) is 46.9 Å². The van der Waals surface area contributed by atoms with Crippen molar-refractivity contribution in [1.82, 2.24) is 20.4 Å². The quantitative estimate of drug-likeness (QED) is 0.714. The summed E-state index contributed by atoms with van der Waals surface area (Å²) in [5, 5.41) is 10.8. The Morgan fingerprint density at radius 1 is 1.14 bits per heavy atom. The average Bonchev–Trinajstić information content (AvgIpc) is 3.15. The van der Waals surface area contributed by atoms with Crippen LogP contribution in [0.2, 0.25) is 5.02 Å². The Kier molecular flexibility index (Phi) is 5.12. The summed E-state index contributed by atoms with van der Waals surface area (Å²) in [5.41, 5.74) is 4.29. The van der Waals surface area contributed by atoms with Crippen molar-refractivity contribution < 1.29 is 9.59 Å². The number of fused-ring (bicyclic) bond motifs is 1. The zero-order chi connectivity index (χ0) is 19.5. The molecule has 3 aromatic rings. The molecule has 2 aromatic carbocycles. The second-order valence-corrected chi connectivity index (χ2v) is 7.09. The summed E-state index contributed by atoms with van der Waals surface area (Å²) < 4.78 is 0. The number of halogens is 1. The van der Waals surface area contributed by atoms with E-state index in [1.165, 1.54) is 0 Å². The van der Waals surface area contributed by atoms with Gasteiger partial charge in [0.15, 0.2) is 0 Å². The Bertz CT molecular complexity index is 1020. The van der Waals surface area contributed by atoms with Crippen molar-refractivity contribution in [2.24, 2.45) is 0 Å². The largest absolute Gasteiger partial charge is 0.343 e. The van der Waals surface area contributed by atoms with Crippen molar-refractivity contribution in [3.8, 4) is 11.3 Å². The van der Waals surface area contributed by atoms with Gasteiger partial charge in [-0.25, -0.2) is 0 Å². The lowest BCUT2D eigenvalue weighted by Gasteiger charge is -2.27. The summed E-state index contributed by atoms with van der Waals surface area (Å²) in [5.74, 6) is -0.372. The lowest BCUT2D eigenvalue weighted by molar-refractivity contribution is -0.131. The molecule has 0 spiro atoms. The molecule has 142 valence electrons. The minimum absolute atomic E-state index is 0.0343. The minimum Gasteiger partial charge on any atom is -0.343 e. The number of benzene rings is 2. The highest BCUT2D eigenvalue weighted by Gasteiger charge is 2.26. The third-order valence-electron chi connectivity index (χ3n) is 4.82. The Hall–Kier alpha value is -3.12. The maximum atomic E-state index is 12.6. The smallest absolute Gasteiger partial charge is 0.251 e. The number of rotatable bonds is 4. The first kappa shape index (κ1) is 18.3. The number of nitrogens with zero attached hydrogens (tertiary/aromatic N) is 2. The molecule has 0 aliphatic carbocycles. The van der Waals surface area contributed by atoms with Gasteiger partial charge in [0.25, 0.3) is 5.91 Å². The molecule has 1 aliphatic rings. The van der Waals surface area contributed by atoms with Gasteiger partial charge < -0.3 is 10.2 Å². The second kappa shape index (κ2) is 7.86. The monoisotopic (exact) mass is 394 g/mol. The predicted molar refractivity (Wildman–Crippen MR) is 107 cm³/mol. The van der Waals surface area contributed by atoms with Crippen LogP contribution in [-0.2, 0) is 17.8 Å². The third-order valence-corrected chi connectivity index (χ3v) is 5.06. The number of aromatic nitrogens is 2. The van der Waals surface area contributed by atoms with Crippen LogP contribution >= 0.6 is 11.6 Å². The topological polar surface area (TPSA) is 78.1 Å². The molecule has 0 saturated carbocycles. The average molecular weight is 395 g/mol. The van der Waals surface area contributed by atoms with Gasteiger partial charge in [0.1, 0.15) is 0 Å². The summed E-state index contributed by atoms with van der Waals surface area (Å²) in [4.78, 5) is 26.5. The van der Waals surface area contributed by atoms with Crippen LogP contribution in [0, 0.1) is 0 Å². The molecule has 0 fully saturated rings. The molecule has 2 N–H and O–H groups in total. The Balaban J connectivity index is 1.44. The van der Waals surface area contributed by atoms with E-state index in [0.717, 1.165) is 22.5 Å². The predicted octanol–water partition coefficient (Wildman–Crippen LogP) is 3.04. The number of carbonyl (C=O) groups excluding carboxylic acids is 2. The van der Waals surface area contributed by atoms with Crippen LogP contribution in [0.1, 0.15) is 21.6 Å². The molecule has 0 atom stereocenters. The zero-order valence-corrected chi connectivity index (χ0v) is 15.9. The van der Waals surface area contributed by atoms with Crippen molar-refractivity contribution in [1.29, 1.82) is 0 Å². The standard InChI is InChI=1S/C21H19ClN4O2/c22-16-8-4-7-15(11-16)20-17-13-26(10-9-18(17)24-25-20)19(27)12-23-21(28)14-5-2-1-3-6-14/h1-8,11H,9-10,12-13H2,(H,23,28)(H,24,25). The Morgan fingerprint density at radius 2 is 1.96 bits per heavy atom. The summed E-state index contributed by atoms with van der Waals surface area (Å²) in [6.45, 7) is 1.01. The fraction of sp³-hybridized carbons (Fsp3) is 0.190. The number of H-pyrrole nitrogens is 1. The SMILES string of the molecule is O=C(NCC(=O)N1CCc2[nH]nc(-c3cccc(Cl)c3)c2C1)c1ccccc1. The number of carbonyl (C=O) groups is 2. The van der Waals surface area contributed by atoms with Crippen molar-refractivity contribution >= 4 is 23.4 Å². The van der Waals surface area contributed by atoms with E-state index in [1.807, 2.05) is 30.3 Å². The van der Waals surface area contributed by atoms with Crippen LogP contribution < -0.4 is 5.32 Å². The molecule has 0 bridgehead atoms. The first-order valence-corrected chi connectivity index (χ1v) is 9.42. The van der Waals surface area contributed by atoms with E-state index < -0.39 is 0 Å². The van der Waals surface area contributed by atoms with Crippen molar-refractivity contribution in [3.63, 3.8) is 0 Å². The van der Waals surface area contributed by atoms with Crippen molar-refractivity contribution in [3.05, 3.63) is 76.4 Å². The summed E-state index contributed by atoms with van der Waals surface area (Å²) in [6.07, 6.45) is 0.696. The first-order valence-electron chi connectivity index (χ1n) is 9.05.